The molecule has 0 saturated carbocycles. The van der Waals surface area contributed by atoms with Gasteiger partial charge in [0.1, 0.15) is 23.8 Å². The first-order valence-corrected chi connectivity index (χ1v) is 13.4. The van der Waals surface area contributed by atoms with Gasteiger partial charge in [-0.1, -0.05) is 32.0 Å². The molecule has 0 bridgehead atoms. The van der Waals surface area contributed by atoms with Gasteiger partial charge in [-0.2, -0.15) is 4.68 Å². The number of nitrogens with zero attached hydrogens (tertiary/aromatic N) is 5. The summed E-state index contributed by atoms with van der Waals surface area (Å²) in [6.45, 7) is 7.48. The van der Waals surface area contributed by atoms with Gasteiger partial charge in [0.15, 0.2) is 5.78 Å². The fourth-order valence-corrected chi connectivity index (χ4v) is 4.11. The van der Waals surface area contributed by atoms with E-state index in [1.54, 1.807) is 43.4 Å². The predicted octanol–water partition coefficient (Wildman–Crippen LogP) is 2.49. The Morgan fingerprint density at radius 2 is 1.74 bits per heavy atom. The average molecular weight is 584 g/mol. The maximum absolute atomic E-state index is 13.3. The number of ether oxygens (including phenoxy) is 3. The number of rotatable bonds is 16. The second-order valence-corrected chi connectivity index (χ2v) is 10.4. The number of nitrogens with one attached hydrogen (secondary N) is 2. The third-order valence-electron chi connectivity index (χ3n) is 6.28. The second kappa shape index (κ2) is 15.0. The van der Waals surface area contributed by atoms with Crippen LogP contribution in [-0.4, -0.2) is 77.9 Å². The van der Waals surface area contributed by atoms with Crippen molar-refractivity contribution in [3.05, 3.63) is 79.4 Å². The van der Waals surface area contributed by atoms with E-state index in [1.807, 2.05) is 20.8 Å². The monoisotopic (exact) mass is 583 g/mol. The van der Waals surface area contributed by atoms with Crippen LogP contribution in [0.25, 0.3) is 21.8 Å². The number of likely N-dealkylation sites (N-methyl/N-ethyl adjacent to an activating group) is 1. The van der Waals surface area contributed by atoms with Crippen LogP contribution in [0.5, 0.6) is 11.5 Å². The zero-order valence-corrected chi connectivity index (χ0v) is 24.2. The molecule has 226 valence electrons. The van der Waals surface area contributed by atoms with Gasteiger partial charge < -0.3 is 24.6 Å². The van der Waals surface area contributed by atoms with Gasteiger partial charge in [0.2, 0.25) is 0 Å². The average Bonchev–Trinajstić information content (AvgIpc) is 3.26. The van der Waals surface area contributed by atoms with Gasteiger partial charge in [-0.25, -0.2) is 19.3 Å². The third-order valence-corrected chi connectivity index (χ3v) is 6.28. The molecule has 2 aromatic carbocycles. The van der Waals surface area contributed by atoms with Crippen LogP contribution in [0.1, 0.15) is 26.3 Å². The molecule has 1 heterocycles. The Hall–Kier alpha value is -4.36. The van der Waals surface area contributed by atoms with Crippen LogP contribution in [0.15, 0.2) is 57.2 Å². The Morgan fingerprint density at radius 3 is 2.38 bits per heavy atom. The van der Waals surface area contributed by atoms with Crippen molar-refractivity contribution in [1.29, 1.82) is 0 Å². The van der Waals surface area contributed by atoms with E-state index in [0.29, 0.717) is 49.8 Å². The largest absolute Gasteiger partial charge is 0.506 e. The molecule has 3 aromatic rings. The maximum atomic E-state index is 13.3. The van der Waals surface area contributed by atoms with E-state index in [4.69, 9.17) is 19.7 Å². The molecule has 0 unspecified atom stereocenters. The number of hydrogen-bond donors (Lipinski definition) is 3. The molecule has 3 rings (SSSR count). The minimum atomic E-state index is -0.702. The number of benzene rings is 2. The molecule has 14 nitrogen and oxygen atoms in total. The fourth-order valence-electron chi connectivity index (χ4n) is 4.11. The summed E-state index contributed by atoms with van der Waals surface area (Å²) in [5, 5.41) is 19.4. The van der Waals surface area contributed by atoms with Gasteiger partial charge in [-0.15, -0.1) is 0 Å². The number of aromatic nitrogens is 3. The van der Waals surface area contributed by atoms with Crippen LogP contribution in [0.2, 0.25) is 0 Å². The normalized spacial score (nSPS) is 12.1. The number of ketones is 1. The van der Waals surface area contributed by atoms with Crippen molar-refractivity contribution >= 4 is 5.78 Å². The van der Waals surface area contributed by atoms with Crippen molar-refractivity contribution in [1.82, 2.24) is 19.7 Å². The first-order chi connectivity index (χ1) is 20.1. The van der Waals surface area contributed by atoms with E-state index in [1.165, 1.54) is 6.07 Å². The Balaban J connectivity index is 1.66. The predicted molar refractivity (Wildman–Crippen MR) is 156 cm³/mol. The van der Waals surface area contributed by atoms with Gasteiger partial charge in [-0.05, 0) is 61.0 Å². The molecule has 0 amide bonds. The number of Topliss-reactive ketones (excluding diaryl/α,β-unsaturated/α-hetero) is 1. The number of carbonyl (C=O) groups excluding carboxylic acids is 1. The van der Waals surface area contributed by atoms with Gasteiger partial charge >= 0.3 is 11.4 Å². The zero-order valence-electron chi connectivity index (χ0n) is 24.2. The van der Waals surface area contributed by atoms with E-state index < -0.39 is 22.8 Å². The molecule has 3 N–H and O–H groups in total. The minimum Gasteiger partial charge on any atom is -0.506 e. The molecule has 1 atom stereocenters. The second-order valence-electron chi connectivity index (χ2n) is 10.4. The lowest BCUT2D eigenvalue weighted by Gasteiger charge is -2.24. The van der Waals surface area contributed by atoms with Crippen molar-refractivity contribution in [3.8, 4) is 22.9 Å². The van der Waals surface area contributed by atoms with Crippen molar-refractivity contribution in [3.63, 3.8) is 0 Å². The molecule has 0 fully saturated rings. The van der Waals surface area contributed by atoms with Crippen LogP contribution in [-0.2, 0) is 20.7 Å². The third kappa shape index (κ3) is 8.57. The van der Waals surface area contributed by atoms with Gasteiger partial charge in [0.25, 0.3) is 0 Å². The van der Waals surface area contributed by atoms with Crippen LogP contribution >= 0.6 is 0 Å². The molecule has 0 spiro atoms. The molecular weight excluding hydrogens is 546 g/mol. The Morgan fingerprint density at radius 1 is 1.07 bits per heavy atom. The Bertz CT molecular complexity index is 1500. The zero-order chi connectivity index (χ0) is 30.7. The molecule has 0 aliphatic heterocycles. The highest BCUT2D eigenvalue weighted by Crippen LogP contribution is 2.24. The summed E-state index contributed by atoms with van der Waals surface area (Å²) in [7, 11) is 1.71. The van der Waals surface area contributed by atoms with Gasteiger partial charge in [-0.3, -0.25) is 4.79 Å². The van der Waals surface area contributed by atoms with Crippen LogP contribution in [0, 0.1) is 5.41 Å². The number of H-pyrrole nitrogens is 1. The molecule has 42 heavy (non-hydrogen) atoms. The van der Waals surface area contributed by atoms with E-state index in [2.05, 4.69) is 20.4 Å². The number of hydrogen-bond acceptors (Lipinski definition) is 9. The quantitative estimate of drug-likeness (QED) is 0.0993. The number of azide groups is 1. The molecule has 0 radical (unpaired) electrons. The van der Waals surface area contributed by atoms with Crippen LogP contribution in [0.4, 0.5) is 0 Å². The van der Waals surface area contributed by atoms with Crippen molar-refractivity contribution in [2.75, 3.05) is 46.6 Å². The first-order valence-electron chi connectivity index (χ1n) is 13.4. The maximum Gasteiger partial charge on any atom is 0.356 e. The van der Waals surface area contributed by atoms with E-state index in [-0.39, 0.29) is 30.4 Å². The summed E-state index contributed by atoms with van der Waals surface area (Å²) in [4.78, 5) is 41.5. The van der Waals surface area contributed by atoms with Gasteiger partial charge in [0.05, 0.1) is 38.2 Å². The first kappa shape index (κ1) is 32.2. The number of phenolic OH excluding ortho intramolecular Hbond substituents is 1. The highest BCUT2D eigenvalue weighted by Gasteiger charge is 2.29. The van der Waals surface area contributed by atoms with Crippen LogP contribution in [0.3, 0.4) is 0 Å². The number of phenols is 1. The highest BCUT2D eigenvalue weighted by molar-refractivity contribution is 5.89. The molecule has 0 aliphatic rings. The van der Waals surface area contributed by atoms with Gasteiger partial charge in [0, 0.05) is 16.9 Å². The summed E-state index contributed by atoms with van der Waals surface area (Å²) < 4.78 is 18.2. The van der Waals surface area contributed by atoms with Crippen molar-refractivity contribution in [2.45, 2.75) is 33.2 Å². The molecule has 0 saturated heterocycles. The topological polar surface area (TPSA) is 186 Å². The lowest BCUT2D eigenvalue weighted by Crippen LogP contribution is -2.42. The number of aromatic hydroxyl groups is 1. The fraction of sp³-hybridized carbons (Fsp3) is 0.464. The SMILES string of the molecule is CN[C@@H](Cc1ccc(O)c(-n2[nH]c(=O)n(-c3ccc(OCCOCCOCCN=[N+]=[N-])cc3)c2=O)c1)C(=O)C(C)(C)C. The standard InChI is InChI=1S/C28H37N7O7/c1-28(2,3)25(37)22(30-4)17-19-5-10-24(36)23(18-19)35-27(39)34(26(38)32-35)20-6-8-21(9-7-20)42-16-15-41-14-13-40-12-11-31-33-29/h5-10,18,22,30,36H,11-17H2,1-4H3,(H,32,38)/t22-/m0/s1. The number of carbonyl (C=O) groups is 1. The van der Waals surface area contributed by atoms with Crippen molar-refractivity contribution < 1.29 is 24.1 Å². The van der Waals surface area contributed by atoms with E-state index in [9.17, 15) is 19.5 Å². The molecule has 0 aliphatic carbocycles. The molecular formula is C28H37N7O7. The Kier molecular flexibility index (Phi) is 11.5. The molecule has 14 heteroatoms. The van der Waals surface area contributed by atoms with Crippen LogP contribution < -0.4 is 21.4 Å². The van der Waals surface area contributed by atoms with Crippen molar-refractivity contribution in [2.24, 2.45) is 10.5 Å². The highest BCUT2D eigenvalue weighted by atomic mass is 16.5. The lowest BCUT2D eigenvalue weighted by molar-refractivity contribution is -0.128. The summed E-state index contributed by atoms with van der Waals surface area (Å²) in [5.74, 6) is 0.343. The lowest BCUT2D eigenvalue weighted by atomic mass is 9.84. The summed E-state index contributed by atoms with van der Waals surface area (Å²) >= 11 is 0. The number of aromatic amines is 1. The summed E-state index contributed by atoms with van der Waals surface area (Å²) in [5.41, 5.74) is 7.35. The summed E-state index contributed by atoms with van der Waals surface area (Å²) in [6.07, 6.45) is 0.332. The van der Waals surface area contributed by atoms with E-state index in [0.717, 1.165) is 9.25 Å². The summed E-state index contributed by atoms with van der Waals surface area (Å²) in [6, 6.07) is 10.6. The molecule has 1 aromatic heterocycles. The van der Waals surface area contributed by atoms with E-state index >= 15 is 0 Å². The Labute approximate surface area is 242 Å². The smallest absolute Gasteiger partial charge is 0.356 e. The minimum absolute atomic E-state index is 0.0290.